The van der Waals surface area contributed by atoms with Crippen molar-refractivity contribution in [1.29, 1.82) is 0 Å². The van der Waals surface area contributed by atoms with Crippen molar-refractivity contribution >= 4 is 6.03 Å². The predicted octanol–water partition coefficient (Wildman–Crippen LogP) is 2.95. The van der Waals surface area contributed by atoms with Crippen LogP contribution < -0.4 is 10.6 Å². The number of rotatable bonds is 5. The molecule has 2 unspecified atom stereocenters. The van der Waals surface area contributed by atoms with E-state index >= 15 is 0 Å². The molecular formula is C17H26N2O2. The van der Waals surface area contributed by atoms with Crippen molar-refractivity contribution in [3.63, 3.8) is 0 Å². The molecule has 2 rings (SSSR count). The summed E-state index contributed by atoms with van der Waals surface area (Å²) in [4.78, 5) is 12.0. The molecule has 0 aromatic heterocycles. The predicted molar refractivity (Wildman–Crippen MR) is 83.8 cm³/mol. The van der Waals surface area contributed by atoms with Crippen molar-refractivity contribution in [1.82, 2.24) is 10.6 Å². The van der Waals surface area contributed by atoms with Crippen molar-refractivity contribution in [2.45, 2.75) is 58.2 Å². The average molecular weight is 290 g/mol. The van der Waals surface area contributed by atoms with Crippen molar-refractivity contribution in [3.05, 3.63) is 35.4 Å². The number of carbonyl (C=O) groups is 1. The van der Waals surface area contributed by atoms with E-state index in [1.807, 2.05) is 24.3 Å². The molecule has 4 nitrogen and oxygen atoms in total. The third-order valence-corrected chi connectivity index (χ3v) is 4.42. The lowest BCUT2D eigenvalue weighted by molar-refractivity contribution is 0.224. The maximum absolute atomic E-state index is 12.0. The molecule has 0 spiro atoms. The second-order valence-corrected chi connectivity index (χ2v) is 5.89. The topological polar surface area (TPSA) is 61.4 Å². The minimum absolute atomic E-state index is 0.000275. The summed E-state index contributed by atoms with van der Waals surface area (Å²) in [6.07, 6.45) is 5.87. The molecular weight excluding hydrogens is 264 g/mol. The summed E-state index contributed by atoms with van der Waals surface area (Å²) in [6.45, 7) is 2.67. The van der Waals surface area contributed by atoms with E-state index in [4.69, 9.17) is 0 Å². The second-order valence-electron chi connectivity index (χ2n) is 5.89. The van der Waals surface area contributed by atoms with Crippen LogP contribution in [0.2, 0.25) is 0 Å². The number of hydrogen-bond donors (Lipinski definition) is 3. The summed E-state index contributed by atoms with van der Waals surface area (Å²) < 4.78 is 0. The molecule has 4 heteroatoms. The van der Waals surface area contributed by atoms with E-state index in [-0.39, 0.29) is 12.6 Å². The number of hydrogen-bond acceptors (Lipinski definition) is 2. The Hall–Kier alpha value is -1.55. The monoisotopic (exact) mass is 290 g/mol. The Morgan fingerprint density at radius 1 is 1.29 bits per heavy atom. The molecule has 0 heterocycles. The fourth-order valence-corrected chi connectivity index (χ4v) is 3.09. The lowest BCUT2D eigenvalue weighted by Crippen LogP contribution is -2.43. The molecule has 1 fully saturated rings. The van der Waals surface area contributed by atoms with Gasteiger partial charge in [-0.25, -0.2) is 4.79 Å². The van der Waals surface area contributed by atoms with Gasteiger partial charge in [0.1, 0.15) is 0 Å². The fourth-order valence-electron chi connectivity index (χ4n) is 3.09. The molecule has 0 saturated heterocycles. The summed E-state index contributed by atoms with van der Waals surface area (Å²) >= 11 is 0. The molecule has 1 saturated carbocycles. The minimum Gasteiger partial charge on any atom is -0.392 e. The van der Waals surface area contributed by atoms with Crippen LogP contribution in [0.5, 0.6) is 0 Å². The zero-order valence-corrected chi connectivity index (χ0v) is 12.8. The van der Waals surface area contributed by atoms with E-state index in [0.717, 1.165) is 29.9 Å². The fraction of sp³-hybridized carbons (Fsp3) is 0.588. The molecule has 1 aromatic rings. The van der Waals surface area contributed by atoms with Crippen LogP contribution in [0.25, 0.3) is 0 Å². The van der Waals surface area contributed by atoms with Crippen LogP contribution >= 0.6 is 0 Å². The van der Waals surface area contributed by atoms with Gasteiger partial charge >= 0.3 is 6.03 Å². The summed E-state index contributed by atoms with van der Waals surface area (Å²) in [5, 5.41) is 15.2. The van der Waals surface area contributed by atoms with Crippen LogP contribution in [-0.2, 0) is 13.2 Å². The lowest BCUT2D eigenvalue weighted by Gasteiger charge is -2.29. The first kappa shape index (κ1) is 15.8. The Bertz CT molecular complexity index is 462. The highest BCUT2D eigenvalue weighted by Crippen LogP contribution is 2.26. The van der Waals surface area contributed by atoms with E-state index < -0.39 is 0 Å². The molecule has 0 aliphatic heterocycles. The van der Waals surface area contributed by atoms with Gasteiger partial charge in [-0.1, -0.05) is 50.5 Å². The first-order valence-electron chi connectivity index (χ1n) is 7.95. The van der Waals surface area contributed by atoms with Gasteiger partial charge < -0.3 is 15.7 Å². The zero-order valence-electron chi connectivity index (χ0n) is 12.8. The number of urea groups is 1. The number of benzene rings is 1. The first-order chi connectivity index (χ1) is 10.2. The molecule has 2 amide bonds. The highest BCUT2D eigenvalue weighted by Gasteiger charge is 2.21. The normalized spacial score (nSPS) is 21.8. The smallest absolute Gasteiger partial charge is 0.315 e. The first-order valence-corrected chi connectivity index (χ1v) is 7.95. The summed E-state index contributed by atoms with van der Waals surface area (Å²) in [7, 11) is 0. The largest absolute Gasteiger partial charge is 0.392 e. The highest BCUT2D eigenvalue weighted by atomic mass is 16.3. The van der Waals surface area contributed by atoms with E-state index in [0.29, 0.717) is 12.6 Å². The Morgan fingerprint density at radius 3 is 2.76 bits per heavy atom. The third-order valence-electron chi connectivity index (χ3n) is 4.42. The second kappa shape index (κ2) is 8.03. The van der Waals surface area contributed by atoms with Gasteiger partial charge in [0.25, 0.3) is 0 Å². The quantitative estimate of drug-likeness (QED) is 0.781. The zero-order chi connectivity index (χ0) is 15.1. The molecule has 0 radical (unpaired) electrons. The van der Waals surface area contributed by atoms with Gasteiger partial charge in [0.05, 0.1) is 6.61 Å². The molecule has 1 aromatic carbocycles. The van der Waals surface area contributed by atoms with Gasteiger partial charge in [-0.15, -0.1) is 0 Å². The van der Waals surface area contributed by atoms with Crippen LogP contribution in [-0.4, -0.2) is 17.2 Å². The maximum atomic E-state index is 12.0. The van der Waals surface area contributed by atoms with Crippen LogP contribution in [0.1, 0.15) is 50.2 Å². The summed E-state index contributed by atoms with van der Waals surface area (Å²) in [6, 6.07) is 7.81. The Kier molecular flexibility index (Phi) is 6.05. The van der Waals surface area contributed by atoms with Crippen LogP contribution in [0.15, 0.2) is 24.3 Å². The Labute approximate surface area is 126 Å². The highest BCUT2D eigenvalue weighted by molar-refractivity contribution is 5.74. The number of aliphatic hydroxyl groups excluding tert-OH is 1. The lowest BCUT2D eigenvalue weighted by atomic mass is 9.84. The van der Waals surface area contributed by atoms with Crippen LogP contribution in [0.4, 0.5) is 4.79 Å². The van der Waals surface area contributed by atoms with E-state index in [1.54, 1.807) is 0 Å². The molecule has 2 atom stereocenters. The molecule has 21 heavy (non-hydrogen) atoms. The van der Waals surface area contributed by atoms with E-state index in [2.05, 4.69) is 17.6 Å². The van der Waals surface area contributed by atoms with Gasteiger partial charge in [-0.3, -0.25) is 0 Å². The minimum atomic E-state index is -0.107. The maximum Gasteiger partial charge on any atom is 0.315 e. The van der Waals surface area contributed by atoms with Gasteiger partial charge in [-0.05, 0) is 29.9 Å². The molecule has 1 aliphatic carbocycles. The average Bonchev–Trinajstić information content (AvgIpc) is 2.53. The van der Waals surface area contributed by atoms with E-state index in [9.17, 15) is 9.90 Å². The van der Waals surface area contributed by atoms with Crippen molar-refractivity contribution in [2.75, 3.05) is 0 Å². The Balaban J connectivity index is 1.79. The van der Waals surface area contributed by atoms with E-state index in [1.165, 1.54) is 19.3 Å². The number of carbonyl (C=O) groups excluding carboxylic acids is 1. The molecule has 116 valence electrons. The van der Waals surface area contributed by atoms with Crippen molar-refractivity contribution in [2.24, 2.45) is 5.92 Å². The van der Waals surface area contributed by atoms with Crippen LogP contribution in [0.3, 0.4) is 0 Å². The van der Waals surface area contributed by atoms with Crippen LogP contribution in [0, 0.1) is 5.92 Å². The third kappa shape index (κ3) is 4.74. The van der Waals surface area contributed by atoms with Crippen molar-refractivity contribution < 1.29 is 9.90 Å². The number of amides is 2. The molecule has 0 bridgehead atoms. The standard InChI is InChI=1S/C17H26N2O2/c1-2-13-6-5-9-16(10-13)19-17(21)18-11-14-7-3-4-8-15(14)12-20/h3-4,7-8,13,16,20H,2,5-6,9-12H2,1H3,(H2,18,19,21). The molecule has 1 aliphatic rings. The van der Waals surface area contributed by atoms with Gasteiger partial charge in [0, 0.05) is 12.6 Å². The summed E-state index contributed by atoms with van der Waals surface area (Å²) in [5.74, 6) is 0.749. The van der Waals surface area contributed by atoms with Crippen molar-refractivity contribution in [3.8, 4) is 0 Å². The molecule has 3 N–H and O–H groups in total. The van der Waals surface area contributed by atoms with Gasteiger partial charge in [0.15, 0.2) is 0 Å². The SMILES string of the molecule is CCC1CCCC(NC(=O)NCc2ccccc2CO)C1. The van der Waals surface area contributed by atoms with Gasteiger partial charge in [0.2, 0.25) is 0 Å². The summed E-state index contributed by atoms with van der Waals surface area (Å²) in [5.41, 5.74) is 1.83. The Morgan fingerprint density at radius 2 is 2.05 bits per heavy atom. The van der Waals surface area contributed by atoms with Gasteiger partial charge in [-0.2, -0.15) is 0 Å². The number of nitrogens with one attached hydrogen (secondary N) is 2. The number of aliphatic hydroxyl groups is 1.